The largest absolute Gasteiger partial charge is 0.478 e. The molecule has 0 aliphatic heterocycles. The highest BCUT2D eigenvalue weighted by Gasteiger charge is 2.11. The lowest BCUT2D eigenvalue weighted by molar-refractivity contribution is -0.131. The number of rotatable bonds is 4. The highest BCUT2D eigenvalue weighted by Crippen LogP contribution is 2.21. The lowest BCUT2D eigenvalue weighted by Gasteiger charge is -2.06. The molecule has 1 aromatic carbocycles. The second kappa shape index (κ2) is 6.32. The molecule has 0 saturated carbocycles. The molecule has 0 aliphatic carbocycles. The predicted octanol–water partition coefficient (Wildman–Crippen LogP) is 3.11. The summed E-state index contributed by atoms with van der Waals surface area (Å²) in [5.41, 5.74) is 2.59. The average molecular weight is 302 g/mol. The number of carbonyl (C=O) groups is 2. The Morgan fingerprint density at radius 2 is 2.10 bits per heavy atom. The van der Waals surface area contributed by atoms with Crippen molar-refractivity contribution in [3.63, 3.8) is 0 Å². The minimum Gasteiger partial charge on any atom is -0.478 e. The molecular formula is C15H14N2O3S. The van der Waals surface area contributed by atoms with E-state index >= 15 is 0 Å². The van der Waals surface area contributed by atoms with E-state index in [1.54, 1.807) is 6.07 Å². The van der Waals surface area contributed by atoms with Crippen molar-refractivity contribution >= 4 is 34.4 Å². The van der Waals surface area contributed by atoms with E-state index in [-0.39, 0.29) is 5.91 Å². The van der Waals surface area contributed by atoms with Crippen molar-refractivity contribution < 1.29 is 14.7 Å². The van der Waals surface area contributed by atoms with E-state index in [4.69, 9.17) is 5.11 Å². The number of thiazole rings is 1. The normalized spacial score (nSPS) is 10.8. The van der Waals surface area contributed by atoms with Crippen LogP contribution in [-0.4, -0.2) is 22.0 Å². The van der Waals surface area contributed by atoms with E-state index in [0.717, 1.165) is 17.2 Å². The first-order valence-corrected chi connectivity index (χ1v) is 7.03. The van der Waals surface area contributed by atoms with Crippen LogP contribution in [0.15, 0.2) is 30.5 Å². The summed E-state index contributed by atoms with van der Waals surface area (Å²) in [5, 5.41) is 11.7. The second-order valence-electron chi connectivity index (χ2n) is 4.51. The van der Waals surface area contributed by atoms with Crippen LogP contribution in [0, 0.1) is 13.8 Å². The van der Waals surface area contributed by atoms with Crippen LogP contribution in [0.1, 0.15) is 26.4 Å². The molecular weight excluding hydrogens is 288 g/mol. The molecule has 1 heterocycles. The quantitative estimate of drug-likeness (QED) is 0.850. The van der Waals surface area contributed by atoms with Crippen molar-refractivity contribution in [1.82, 2.24) is 4.98 Å². The lowest BCUT2D eigenvalue weighted by Crippen LogP contribution is -2.13. The number of aromatic nitrogens is 1. The van der Waals surface area contributed by atoms with Gasteiger partial charge in [0.25, 0.3) is 5.91 Å². The van der Waals surface area contributed by atoms with Crippen molar-refractivity contribution in [2.24, 2.45) is 0 Å². The van der Waals surface area contributed by atoms with Gasteiger partial charge in [0, 0.05) is 22.7 Å². The number of aryl methyl sites for hydroxylation is 2. The van der Waals surface area contributed by atoms with Gasteiger partial charge in [-0.15, -0.1) is 0 Å². The molecule has 0 saturated heterocycles. The number of anilines is 1. The summed E-state index contributed by atoms with van der Waals surface area (Å²) in [5.74, 6) is -1.25. The Kier molecular flexibility index (Phi) is 4.49. The standard InChI is InChI=1S/C15H14N2O3S/c1-9-3-5-12(10(2)7-9)14(20)17-15-16-8-11(21-15)4-6-13(18)19/h3-8H,1-2H3,(H,18,19)(H,16,17,20). The number of carboxylic acids is 1. The number of hydrogen-bond acceptors (Lipinski definition) is 4. The number of carbonyl (C=O) groups excluding carboxylic acids is 1. The maximum Gasteiger partial charge on any atom is 0.328 e. The van der Waals surface area contributed by atoms with E-state index in [1.807, 2.05) is 26.0 Å². The number of benzene rings is 1. The summed E-state index contributed by atoms with van der Waals surface area (Å²) in [4.78, 5) is 27.3. The van der Waals surface area contributed by atoms with Crippen LogP contribution in [0.3, 0.4) is 0 Å². The van der Waals surface area contributed by atoms with Gasteiger partial charge in [-0.1, -0.05) is 29.0 Å². The Hall–Kier alpha value is -2.47. The molecule has 0 unspecified atom stereocenters. The van der Waals surface area contributed by atoms with Crippen LogP contribution in [0.2, 0.25) is 0 Å². The first kappa shape index (κ1) is 14.9. The molecule has 1 amide bonds. The molecule has 2 aromatic rings. The average Bonchev–Trinajstić information content (AvgIpc) is 2.83. The fraction of sp³-hybridized carbons (Fsp3) is 0.133. The lowest BCUT2D eigenvalue weighted by atomic mass is 10.1. The third-order valence-electron chi connectivity index (χ3n) is 2.76. The van der Waals surface area contributed by atoms with Crippen molar-refractivity contribution in [1.29, 1.82) is 0 Å². The third-order valence-corrected chi connectivity index (χ3v) is 3.64. The second-order valence-corrected chi connectivity index (χ2v) is 5.57. The van der Waals surface area contributed by atoms with Gasteiger partial charge in [-0.3, -0.25) is 10.1 Å². The molecule has 0 aliphatic rings. The Bertz CT molecular complexity index is 719. The van der Waals surface area contributed by atoms with Crippen molar-refractivity contribution in [3.8, 4) is 0 Å². The van der Waals surface area contributed by atoms with Gasteiger partial charge in [0.15, 0.2) is 5.13 Å². The van der Waals surface area contributed by atoms with Gasteiger partial charge in [-0.25, -0.2) is 9.78 Å². The van der Waals surface area contributed by atoms with Gasteiger partial charge in [0.1, 0.15) is 0 Å². The van der Waals surface area contributed by atoms with Crippen LogP contribution >= 0.6 is 11.3 Å². The molecule has 2 N–H and O–H groups in total. The SMILES string of the molecule is Cc1ccc(C(=O)Nc2ncc(C=CC(=O)O)s2)c(C)c1. The topological polar surface area (TPSA) is 79.3 Å². The summed E-state index contributed by atoms with van der Waals surface area (Å²) in [6.45, 7) is 3.85. The zero-order valence-electron chi connectivity index (χ0n) is 11.6. The van der Waals surface area contributed by atoms with E-state index in [2.05, 4.69) is 10.3 Å². The third kappa shape index (κ3) is 4.00. The minimum atomic E-state index is -1.02. The highest BCUT2D eigenvalue weighted by atomic mass is 32.1. The molecule has 0 radical (unpaired) electrons. The van der Waals surface area contributed by atoms with Crippen LogP contribution in [0.25, 0.3) is 6.08 Å². The van der Waals surface area contributed by atoms with Gasteiger partial charge in [-0.2, -0.15) is 0 Å². The predicted molar refractivity (Wildman–Crippen MR) is 82.7 cm³/mol. The summed E-state index contributed by atoms with van der Waals surface area (Å²) in [6, 6.07) is 5.60. The van der Waals surface area contributed by atoms with Gasteiger partial charge in [0.05, 0.1) is 0 Å². The molecule has 108 valence electrons. The number of nitrogens with one attached hydrogen (secondary N) is 1. The van der Waals surface area contributed by atoms with Gasteiger partial charge >= 0.3 is 5.97 Å². The number of nitrogens with zero attached hydrogens (tertiary/aromatic N) is 1. The number of aliphatic carboxylic acids is 1. The molecule has 6 heteroatoms. The molecule has 5 nitrogen and oxygen atoms in total. The Morgan fingerprint density at radius 3 is 2.76 bits per heavy atom. The molecule has 21 heavy (non-hydrogen) atoms. The minimum absolute atomic E-state index is 0.226. The van der Waals surface area contributed by atoms with Crippen LogP contribution < -0.4 is 5.32 Å². The summed E-state index contributed by atoms with van der Waals surface area (Å²) in [7, 11) is 0. The van der Waals surface area contributed by atoms with E-state index in [1.165, 1.54) is 23.6 Å². The first-order valence-electron chi connectivity index (χ1n) is 6.21. The maximum absolute atomic E-state index is 12.2. The zero-order chi connectivity index (χ0) is 15.4. The smallest absolute Gasteiger partial charge is 0.328 e. The summed E-state index contributed by atoms with van der Waals surface area (Å²) >= 11 is 1.21. The molecule has 2 rings (SSSR count). The van der Waals surface area contributed by atoms with Crippen LogP contribution in [0.4, 0.5) is 5.13 Å². The van der Waals surface area contributed by atoms with E-state index in [0.29, 0.717) is 15.6 Å². The molecule has 0 atom stereocenters. The first-order chi connectivity index (χ1) is 9.95. The molecule has 0 bridgehead atoms. The van der Waals surface area contributed by atoms with E-state index in [9.17, 15) is 9.59 Å². The van der Waals surface area contributed by atoms with E-state index < -0.39 is 5.97 Å². The maximum atomic E-state index is 12.2. The monoisotopic (exact) mass is 302 g/mol. The molecule has 0 fully saturated rings. The number of hydrogen-bond donors (Lipinski definition) is 2. The van der Waals surface area contributed by atoms with Crippen molar-refractivity contribution in [3.05, 3.63) is 52.0 Å². The Morgan fingerprint density at radius 1 is 1.33 bits per heavy atom. The van der Waals surface area contributed by atoms with Gasteiger partial charge in [0.2, 0.25) is 0 Å². The number of amides is 1. The summed E-state index contributed by atoms with van der Waals surface area (Å²) < 4.78 is 0. The van der Waals surface area contributed by atoms with Gasteiger partial charge < -0.3 is 5.11 Å². The fourth-order valence-corrected chi connectivity index (χ4v) is 2.52. The van der Waals surface area contributed by atoms with Crippen LogP contribution in [0.5, 0.6) is 0 Å². The Balaban J connectivity index is 2.11. The van der Waals surface area contributed by atoms with Gasteiger partial charge in [-0.05, 0) is 31.6 Å². The zero-order valence-corrected chi connectivity index (χ0v) is 12.4. The Labute approximate surface area is 126 Å². The highest BCUT2D eigenvalue weighted by molar-refractivity contribution is 7.16. The summed E-state index contributed by atoms with van der Waals surface area (Å²) in [6.07, 6.45) is 3.98. The molecule has 1 aromatic heterocycles. The number of carboxylic acid groups (broad SMARTS) is 1. The van der Waals surface area contributed by atoms with Crippen LogP contribution in [-0.2, 0) is 4.79 Å². The van der Waals surface area contributed by atoms with Crippen molar-refractivity contribution in [2.75, 3.05) is 5.32 Å². The fourth-order valence-electron chi connectivity index (χ4n) is 1.81. The molecule has 0 spiro atoms. The van der Waals surface area contributed by atoms with Crippen molar-refractivity contribution in [2.45, 2.75) is 13.8 Å².